The largest absolute Gasteiger partial charge is 0.465 e. The third-order valence-electron chi connectivity index (χ3n) is 2.92. The van der Waals surface area contributed by atoms with Crippen molar-refractivity contribution in [3.63, 3.8) is 0 Å². The molecule has 0 saturated heterocycles. The van der Waals surface area contributed by atoms with Gasteiger partial charge in [0.25, 0.3) is 0 Å². The molecule has 0 aliphatic heterocycles. The first kappa shape index (κ1) is 14.2. The van der Waals surface area contributed by atoms with Crippen LogP contribution in [-0.4, -0.2) is 26.2 Å². The number of rotatable bonds is 3. The van der Waals surface area contributed by atoms with Gasteiger partial charge in [0.2, 0.25) is 0 Å². The fourth-order valence-electron chi connectivity index (χ4n) is 1.92. The normalized spacial score (nSPS) is 10.4. The standard InChI is InChI=1S/C15H12N4O2S/c1-9-16-7-11(8-17-9)13-18-12(10-5-3-2-4-6-10)14(22-13)19-15(20)21/h2-8,19H,1H3,(H,20,21). The van der Waals surface area contributed by atoms with Gasteiger partial charge in [-0.3, -0.25) is 5.32 Å². The maximum atomic E-state index is 11.0. The third-order valence-corrected chi connectivity index (χ3v) is 3.94. The monoisotopic (exact) mass is 312 g/mol. The van der Waals surface area contributed by atoms with E-state index >= 15 is 0 Å². The van der Waals surface area contributed by atoms with E-state index in [0.29, 0.717) is 21.5 Å². The van der Waals surface area contributed by atoms with E-state index in [0.717, 1.165) is 11.1 Å². The summed E-state index contributed by atoms with van der Waals surface area (Å²) in [6.07, 6.45) is 2.24. The molecule has 110 valence electrons. The summed E-state index contributed by atoms with van der Waals surface area (Å²) in [7, 11) is 0. The summed E-state index contributed by atoms with van der Waals surface area (Å²) in [6.45, 7) is 1.80. The van der Waals surface area contributed by atoms with Gasteiger partial charge in [-0.05, 0) is 6.92 Å². The van der Waals surface area contributed by atoms with E-state index < -0.39 is 6.09 Å². The number of thiazole rings is 1. The van der Waals surface area contributed by atoms with Crippen molar-refractivity contribution in [2.45, 2.75) is 6.92 Å². The number of hydrogen-bond donors (Lipinski definition) is 2. The van der Waals surface area contributed by atoms with Crippen LogP contribution in [0.3, 0.4) is 0 Å². The number of carboxylic acid groups (broad SMARTS) is 1. The van der Waals surface area contributed by atoms with Crippen molar-refractivity contribution in [2.24, 2.45) is 0 Å². The van der Waals surface area contributed by atoms with Crippen LogP contribution in [0.15, 0.2) is 42.7 Å². The molecular formula is C15H12N4O2S. The zero-order valence-corrected chi connectivity index (χ0v) is 12.5. The molecule has 0 aliphatic rings. The van der Waals surface area contributed by atoms with Gasteiger partial charge in [-0.25, -0.2) is 19.7 Å². The van der Waals surface area contributed by atoms with Crippen LogP contribution in [0, 0.1) is 6.92 Å². The minimum absolute atomic E-state index is 0.481. The van der Waals surface area contributed by atoms with Crippen LogP contribution in [0.2, 0.25) is 0 Å². The predicted octanol–water partition coefficient (Wildman–Crippen LogP) is 3.67. The molecule has 0 atom stereocenters. The second-order valence-electron chi connectivity index (χ2n) is 4.51. The van der Waals surface area contributed by atoms with Crippen molar-refractivity contribution in [3.8, 4) is 21.8 Å². The molecule has 0 radical (unpaired) electrons. The molecule has 0 aliphatic carbocycles. The number of amides is 1. The van der Waals surface area contributed by atoms with Crippen molar-refractivity contribution >= 4 is 22.4 Å². The van der Waals surface area contributed by atoms with Crippen LogP contribution in [0.1, 0.15) is 5.82 Å². The minimum atomic E-state index is -1.12. The average molecular weight is 312 g/mol. The Morgan fingerprint density at radius 2 is 1.82 bits per heavy atom. The predicted molar refractivity (Wildman–Crippen MR) is 85.0 cm³/mol. The quantitative estimate of drug-likeness (QED) is 0.770. The number of anilines is 1. The molecule has 22 heavy (non-hydrogen) atoms. The van der Waals surface area contributed by atoms with Gasteiger partial charge in [0.05, 0.1) is 0 Å². The zero-order valence-electron chi connectivity index (χ0n) is 11.6. The maximum Gasteiger partial charge on any atom is 0.409 e. The van der Waals surface area contributed by atoms with Crippen molar-refractivity contribution in [1.29, 1.82) is 0 Å². The Kier molecular flexibility index (Phi) is 3.80. The first-order valence-electron chi connectivity index (χ1n) is 6.48. The van der Waals surface area contributed by atoms with Gasteiger partial charge in [-0.15, -0.1) is 0 Å². The van der Waals surface area contributed by atoms with Gasteiger partial charge in [0.1, 0.15) is 21.5 Å². The molecule has 0 spiro atoms. The van der Waals surface area contributed by atoms with Gasteiger partial charge < -0.3 is 5.11 Å². The molecule has 2 heterocycles. The Balaban J connectivity index is 2.08. The molecule has 1 aromatic carbocycles. The summed E-state index contributed by atoms with van der Waals surface area (Å²) in [5, 5.41) is 12.6. The molecule has 7 heteroatoms. The Hall–Kier alpha value is -2.80. The molecule has 2 N–H and O–H groups in total. The summed E-state index contributed by atoms with van der Waals surface area (Å²) in [5.74, 6) is 0.674. The Morgan fingerprint density at radius 3 is 2.45 bits per heavy atom. The van der Waals surface area contributed by atoms with Crippen LogP contribution >= 0.6 is 11.3 Å². The van der Waals surface area contributed by atoms with Crippen molar-refractivity contribution in [3.05, 3.63) is 48.5 Å². The third kappa shape index (κ3) is 2.94. The first-order valence-corrected chi connectivity index (χ1v) is 7.30. The SMILES string of the molecule is Cc1ncc(-c2nc(-c3ccccc3)c(NC(=O)O)s2)cn1. The van der Waals surface area contributed by atoms with E-state index in [9.17, 15) is 4.79 Å². The lowest BCUT2D eigenvalue weighted by Gasteiger charge is -2.00. The highest BCUT2D eigenvalue weighted by Crippen LogP contribution is 2.37. The second kappa shape index (κ2) is 5.90. The smallest absolute Gasteiger partial charge is 0.409 e. The number of carbonyl (C=O) groups is 1. The Labute approximate surface area is 130 Å². The number of hydrogen-bond acceptors (Lipinski definition) is 5. The molecular weight excluding hydrogens is 300 g/mol. The fourth-order valence-corrected chi connectivity index (χ4v) is 2.87. The summed E-state index contributed by atoms with van der Waals surface area (Å²) in [5.41, 5.74) is 2.21. The summed E-state index contributed by atoms with van der Waals surface area (Å²) in [4.78, 5) is 23.8. The number of benzene rings is 1. The summed E-state index contributed by atoms with van der Waals surface area (Å²) in [6, 6.07) is 9.44. The highest BCUT2D eigenvalue weighted by atomic mass is 32.1. The van der Waals surface area contributed by atoms with E-state index in [1.165, 1.54) is 11.3 Å². The number of aromatic nitrogens is 3. The second-order valence-corrected chi connectivity index (χ2v) is 5.51. The topological polar surface area (TPSA) is 88.0 Å². The molecule has 6 nitrogen and oxygen atoms in total. The highest BCUT2D eigenvalue weighted by Gasteiger charge is 2.16. The van der Waals surface area contributed by atoms with Crippen LogP contribution in [0.4, 0.5) is 9.80 Å². The molecule has 0 fully saturated rings. The van der Waals surface area contributed by atoms with Gasteiger partial charge in [0, 0.05) is 23.5 Å². The van der Waals surface area contributed by atoms with E-state index in [2.05, 4.69) is 20.3 Å². The molecule has 0 saturated carbocycles. The van der Waals surface area contributed by atoms with Crippen molar-refractivity contribution in [2.75, 3.05) is 5.32 Å². The van der Waals surface area contributed by atoms with Crippen LogP contribution in [-0.2, 0) is 0 Å². The lowest BCUT2D eigenvalue weighted by molar-refractivity contribution is 0.210. The van der Waals surface area contributed by atoms with Crippen LogP contribution in [0.25, 0.3) is 21.8 Å². The van der Waals surface area contributed by atoms with Crippen molar-refractivity contribution < 1.29 is 9.90 Å². The zero-order chi connectivity index (χ0) is 15.5. The molecule has 2 aromatic heterocycles. The summed E-state index contributed by atoms with van der Waals surface area (Å²) >= 11 is 1.26. The Bertz CT molecular complexity index is 800. The molecule has 3 rings (SSSR count). The van der Waals surface area contributed by atoms with E-state index in [-0.39, 0.29) is 0 Å². The number of aryl methyl sites for hydroxylation is 1. The molecule has 1 amide bonds. The highest BCUT2D eigenvalue weighted by molar-refractivity contribution is 7.19. The van der Waals surface area contributed by atoms with Crippen LogP contribution in [0.5, 0.6) is 0 Å². The number of nitrogens with zero attached hydrogens (tertiary/aromatic N) is 3. The molecule has 3 aromatic rings. The Morgan fingerprint density at radius 1 is 1.14 bits per heavy atom. The van der Waals surface area contributed by atoms with E-state index in [4.69, 9.17) is 5.11 Å². The lowest BCUT2D eigenvalue weighted by atomic mass is 10.1. The lowest BCUT2D eigenvalue weighted by Crippen LogP contribution is -2.06. The first-order chi connectivity index (χ1) is 10.6. The maximum absolute atomic E-state index is 11.0. The van der Waals surface area contributed by atoms with E-state index in [1.54, 1.807) is 19.3 Å². The van der Waals surface area contributed by atoms with Crippen molar-refractivity contribution in [1.82, 2.24) is 15.0 Å². The average Bonchev–Trinajstić information content (AvgIpc) is 2.92. The van der Waals surface area contributed by atoms with Gasteiger partial charge in [-0.2, -0.15) is 0 Å². The van der Waals surface area contributed by atoms with Gasteiger partial charge >= 0.3 is 6.09 Å². The van der Waals surface area contributed by atoms with E-state index in [1.807, 2.05) is 30.3 Å². The molecule has 0 bridgehead atoms. The fraction of sp³-hybridized carbons (Fsp3) is 0.0667. The summed E-state index contributed by atoms with van der Waals surface area (Å²) < 4.78 is 0. The molecule has 0 unspecified atom stereocenters. The van der Waals surface area contributed by atoms with Gasteiger partial charge in [0.15, 0.2) is 0 Å². The minimum Gasteiger partial charge on any atom is -0.465 e. The number of nitrogens with one attached hydrogen (secondary N) is 1. The van der Waals surface area contributed by atoms with Crippen LogP contribution < -0.4 is 5.32 Å². The van der Waals surface area contributed by atoms with Gasteiger partial charge in [-0.1, -0.05) is 41.7 Å².